The molecule has 0 heterocycles. The van der Waals surface area contributed by atoms with Crippen LogP contribution in [0, 0.1) is 0 Å². The van der Waals surface area contributed by atoms with Gasteiger partial charge in [0, 0.05) is 19.5 Å². The second-order valence-corrected chi connectivity index (χ2v) is 6.88. The Bertz CT molecular complexity index is 283. The molecule has 0 aromatic heterocycles. The van der Waals surface area contributed by atoms with E-state index in [0.29, 0.717) is 0 Å². The van der Waals surface area contributed by atoms with Gasteiger partial charge in [0.25, 0.3) is 0 Å². The number of rotatable bonds is 16. The van der Waals surface area contributed by atoms with Gasteiger partial charge in [0.1, 0.15) is 0 Å². The largest absolute Gasteiger partial charge is 0.399 e. The van der Waals surface area contributed by atoms with Gasteiger partial charge >= 0.3 is 10.4 Å². The third-order valence-electron chi connectivity index (χ3n) is 3.45. The van der Waals surface area contributed by atoms with E-state index >= 15 is 0 Å². The molecule has 0 fully saturated rings. The fourth-order valence-corrected chi connectivity index (χ4v) is 2.83. The quantitative estimate of drug-likeness (QED) is 0.277. The number of hydrogen-bond donors (Lipinski definition) is 0. The van der Waals surface area contributed by atoms with Crippen molar-refractivity contribution in [2.24, 2.45) is 0 Å². The van der Waals surface area contributed by atoms with E-state index in [2.05, 4.69) is 13.8 Å². The van der Waals surface area contributed by atoms with Crippen LogP contribution in [-0.4, -0.2) is 21.6 Å². The van der Waals surface area contributed by atoms with Crippen LogP contribution >= 0.6 is 0 Å². The van der Waals surface area contributed by atoms with Crippen molar-refractivity contribution >= 4 is 10.4 Å². The Kier molecular flexibility index (Phi) is 20.1. The van der Waals surface area contributed by atoms with Gasteiger partial charge in [-0.05, 0) is 12.8 Å². The Hall–Kier alpha value is 0.493. The third-order valence-corrected chi connectivity index (χ3v) is 4.36. The summed E-state index contributed by atoms with van der Waals surface area (Å²) in [4.78, 5) is 0. The zero-order valence-corrected chi connectivity index (χ0v) is 18.4. The first-order valence-electron chi connectivity index (χ1n) is 8.66. The summed E-state index contributed by atoms with van der Waals surface area (Å²) in [7, 11) is -3.78. The average Bonchev–Trinajstić information content (AvgIpc) is 2.45. The van der Waals surface area contributed by atoms with Crippen LogP contribution in [0.2, 0.25) is 0 Å². The molecular formula is C16H34O4SZn. The summed E-state index contributed by atoms with van der Waals surface area (Å²) in [5.41, 5.74) is 0. The Morgan fingerprint density at radius 2 is 0.909 bits per heavy atom. The summed E-state index contributed by atoms with van der Waals surface area (Å²) in [6, 6.07) is 0. The van der Waals surface area contributed by atoms with Crippen molar-refractivity contribution in [2.75, 3.05) is 13.2 Å². The van der Waals surface area contributed by atoms with Crippen LogP contribution in [0.15, 0.2) is 0 Å². The first-order valence-corrected chi connectivity index (χ1v) is 9.99. The van der Waals surface area contributed by atoms with Crippen molar-refractivity contribution in [3.63, 3.8) is 0 Å². The van der Waals surface area contributed by atoms with Crippen LogP contribution in [-0.2, 0) is 38.2 Å². The molecule has 4 nitrogen and oxygen atoms in total. The Balaban J connectivity index is 0. The van der Waals surface area contributed by atoms with Gasteiger partial charge in [-0.25, -0.2) is 8.37 Å². The van der Waals surface area contributed by atoms with E-state index in [1.807, 2.05) is 0 Å². The van der Waals surface area contributed by atoms with Gasteiger partial charge in [-0.3, -0.25) is 0 Å². The molecule has 130 valence electrons. The van der Waals surface area contributed by atoms with Gasteiger partial charge < -0.3 is 0 Å². The maximum Gasteiger partial charge on any atom is 0.399 e. The van der Waals surface area contributed by atoms with E-state index in [1.165, 1.54) is 38.5 Å². The molecule has 6 heteroatoms. The van der Waals surface area contributed by atoms with Crippen LogP contribution in [0.4, 0.5) is 0 Å². The van der Waals surface area contributed by atoms with Crippen LogP contribution in [0.1, 0.15) is 90.9 Å². The maximum atomic E-state index is 11.5. The second-order valence-electron chi connectivity index (χ2n) is 5.59. The zero-order valence-electron chi connectivity index (χ0n) is 14.6. The minimum atomic E-state index is -3.78. The molecule has 0 aliphatic rings. The van der Waals surface area contributed by atoms with E-state index in [0.717, 1.165) is 38.5 Å². The van der Waals surface area contributed by atoms with Crippen LogP contribution < -0.4 is 0 Å². The topological polar surface area (TPSA) is 52.6 Å². The van der Waals surface area contributed by atoms with Crippen molar-refractivity contribution in [3.8, 4) is 0 Å². The van der Waals surface area contributed by atoms with E-state index < -0.39 is 10.4 Å². The molecule has 0 rings (SSSR count). The predicted octanol–water partition coefficient (Wildman–Crippen LogP) is 4.98. The van der Waals surface area contributed by atoms with Crippen LogP contribution in [0.25, 0.3) is 0 Å². The smallest absolute Gasteiger partial charge is 0.248 e. The molecule has 0 atom stereocenters. The second kappa shape index (κ2) is 17.8. The molecule has 0 amide bonds. The van der Waals surface area contributed by atoms with Gasteiger partial charge in [-0.1, -0.05) is 78.1 Å². The molecule has 0 aromatic carbocycles. The van der Waals surface area contributed by atoms with E-state index in [4.69, 9.17) is 8.37 Å². The molecule has 0 saturated carbocycles. The molecule has 0 unspecified atom stereocenters. The molecule has 0 aromatic rings. The minimum Gasteiger partial charge on any atom is -0.248 e. The molecular weight excluding hydrogens is 354 g/mol. The standard InChI is InChI=1S/C16H34O4S.Zn/c1-3-5-7-9-11-13-15-19-21(17,18)20-16-14-12-10-8-6-4-2;/h3-16H2,1-2H3;. The van der Waals surface area contributed by atoms with Crippen molar-refractivity contribution in [1.29, 1.82) is 0 Å². The average molecular weight is 388 g/mol. The van der Waals surface area contributed by atoms with Crippen molar-refractivity contribution in [1.82, 2.24) is 0 Å². The molecule has 0 N–H and O–H groups in total. The van der Waals surface area contributed by atoms with Crippen LogP contribution in [0.3, 0.4) is 0 Å². The molecule has 22 heavy (non-hydrogen) atoms. The van der Waals surface area contributed by atoms with E-state index in [1.54, 1.807) is 0 Å². The summed E-state index contributed by atoms with van der Waals surface area (Å²) < 4.78 is 32.6. The maximum absolute atomic E-state index is 11.5. The monoisotopic (exact) mass is 386 g/mol. The van der Waals surface area contributed by atoms with Gasteiger partial charge in [0.2, 0.25) is 0 Å². The summed E-state index contributed by atoms with van der Waals surface area (Å²) in [6.07, 6.45) is 13.3. The Morgan fingerprint density at radius 1 is 0.591 bits per heavy atom. The van der Waals surface area contributed by atoms with Crippen molar-refractivity contribution in [2.45, 2.75) is 90.9 Å². The Labute approximate surface area is 150 Å². The summed E-state index contributed by atoms with van der Waals surface area (Å²) in [5, 5.41) is 0. The molecule has 0 aliphatic heterocycles. The summed E-state index contributed by atoms with van der Waals surface area (Å²) in [5.74, 6) is 0. The SMILES string of the molecule is CCCCCCCCOS(=O)(=O)OCCCCCCCC.[Zn]. The zero-order chi connectivity index (χ0) is 15.8. The molecule has 0 saturated heterocycles. The fraction of sp³-hybridized carbons (Fsp3) is 1.00. The van der Waals surface area contributed by atoms with Gasteiger partial charge in [-0.15, -0.1) is 0 Å². The number of unbranched alkanes of at least 4 members (excludes halogenated alkanes) is 10. The first-order chi connectivity index (χ1) is 10.1. The minimum absolute atomic E-state index is 0. The van der Waals surface area contributed by atoms with Crippen molar-refractivity contribution in [3.05, 3.63) is 0 Å². The summed E-state index contributed by atoms with van der Waals surface area (Å²) >= 11 is 0. The van der Waals surface area contributed by atoms with Gasteiger partial charge in [0.05, 0.1) is 13.2 Å². The van der Waals surface area contributed by atoms with E-state index in [-0.39, 0.29) is 32.7 Å². The van der Waals surface area contributed by atoms with Gasteiger partial charge in [0.15, 0.2) is 0 Å². The Morgan fingerprint density at radius 3 is 1.27 bits per heavy atom. The van der Waals surface area contributed by atoms with Gasteiger partial charge in [-0.2, -0.15) is 8.42 Å². The number of hydrogen-bond acceptors (Lipinski definition) is 4. The molecule has 0 radical (unpaired) electrons. The molecule has 0 spiro atoms. The molecule has 0 bridgehead atoms. The predicted molar refractivity (Wildman–Crippen MR) is 87.6 cm³/mol. The third kappa shape index (κ3) is 18.5. The van der Waals surface area contributed by atoms with E-state index in [9.17, 15) is 8.42 Å². The summed E-state index contributed by atoms with van der Waals surface area (Å²) in [6.45, 7) is 4.84. The van der Waals surface area contributed by atoms with Crippen LogP contribution in [0.5, 0.6) is 0 Å². The van der Waals surface area contributed by atoms with Crippen molar-refractivity contribution < 1.29 is 36.3 Å². The first kappa shape index (κ1) is 24.7. The normalized spacial score (nSPS) is 11.4. The fourth-order valence-electron chi connectivity index (χ4n) is 2.12. The molecule has 0 aliphatic carbocycles.